The van der Waals surface area contributed by atoms with Crippen molar-refractivity contribution in [3.8, 4) is 28.4 Å². The van der Waals surface area contributed by atoms with Crippen LogP contribution in [0.1, 0.15) is 49.3 Å². The monoisotopic (exact) mass is 518 g/mol. The molecule has 6 nitrogen and oxygen atoms in total. The average molecular weight is 519 g/mol. The number of carbonyl (C=O) groups excluding carboxylic acids is 1. The van der Waals surface area contributed by atoms with Gasteiger partial charge in [0.05, 0.1) is 12.5 Å². The van der Waals surface area contributed by atoms with E-state index < -0.39 is 0 Å². The number of anilines is 1. The third-order valence-corrected chi connectivity index (χ3v) is 8.31. The molecule has 2 atom stereocenters. The summed E-state index contributed by atoms with van der Waals surface area (Å²) in [6, 6.07) is 22.7. The molecule has 1 aromatic heterocycles. The number of para-hydroxylation sites is 2. The number of benzene rings is 3. The molecule has 2 bridgehead atoms. The molecule has 39 heavy (non-hydrogen) atoms. The van der Waals surface area contributed by atoms with Crippen molar-refractivity contribution in [1.29, 1.82) is 0 Å². The van der Waals surface area contributed by atoms with Gasteiger partial charge in [0.15, 0.2) is 11.5 Å². The first-order valence-electron chi connectivity index (χ1n) is 13.6. The number of fused-ring (bicyclic) bond motifs is 4. The first-order chi connectivity index (χ1) is 19.0. The molecule has 0 saturated carbocycles. The Morgan fingerprint density at radius 3 is 2.54 bits per heavy atom. The fraction of sp³-hybridized carbons (Fsp3) is 0.242. The summed E-state index contributed by atoms with van der Waals surface area (Å²) < 4.78 is 11.7. The van der Waals surface area contributed by atoms with Gasteiger partial charge in [0.25, 0.3) is 0 Å². The number of ether oxygens (including phenoxy) is 1. The highest BCUT2D eigenvalue weighted by molar-refractivity contribution is 5.96. The number of amides is 1. The van der Waals surface area contributed by atoms with Crippen molar-refractivity contribution < 1.29 is 19.1 Å². The third-order valence-electron chi connectivity index (χ3n) is 8.31. The topological polar surface area (TPSA) is 74.9 Å². The Morgan fingerprint density at radius 2 is 1.77 bits per heavy atom. The van der Waals surface area contributed by atoms with Crippen LogP contribution in [-0.4, -0.2) is 28.0 Å². The number of furan rings is 1. The zero-order valence-corrected chi connectivity index (χ0v) is 21.8. The molecule has 2 fully saturated rings. The van der Waals surface area contributed by atoms with Crippen LogP contribution in [0, 0.1) is 0 Å². The van der Waals surface area contributed by atoms with Gasteiger partial charge in [0, 0.05) is 53.5 Å². The van der Waals surface area contributed by atoms with Crippen LogP contribution in [0.25, 0.3) is 16.7 Å². The minimum absolute atomic E-state index is 0.115. The summed E-state index contributed by atoms with van der Waals surface area (Å²) >= 11 is 0. The van der Waals surface area contributed by atoms with E-state index in [1.807, 2.05) is 42.7 Å². The Hall–Kier alpha value is -4.29. The van der Waals surface area contributed by atoms with Gasteiger partial charge in [-0.3, -0.25) is 9.69 Å². The maximum atomic E-state index is 11.8. The molecular formula is C33H30N2O4. The molecule has 3 aliphatic heterocycles. The first kappa shape index (κ1) is 23.8. The molecule has 1 amide bonds. The van der Waals surface area contributed by atoms with E-state index in [-0.39, 0.29) is 11.7 Å². The Kier molecular flexibility index (Phi) is 5.78. The van der Waals surface area contributed by atoms with Gasteiger partial charge in [-0.05, 0) is 67.2 Å². The second kappa shape index (κ2) is 9.47. The fourth-order valence-electron chi connectivity index (χ4n) is 6.64. The number of phenolic OH excluding ortho intramolecular Hbond substituents is 1. The number of hydrogen-bond donors (Lipinski definition) is 2. The summed E-state index contributed by atoms with van der Waals surface area (Å²) in [4.78, 5) is 14.5. The lowest BCUT2D eigenvalue weighted by Gasteiger charge is -2.38. The summed E-state index contributed by atoms with van der Waals surface area (Å²) in [6.45, 7) is 2.43. The molecule has 2 N–H and O–H groups in total. The molecule has 4 aromatic rings. The Balaban J connectivity index is 1.31. The SMILES string of the molecule is CC(=O)Nc1ccccc1-c1ccc2c(c1)Oc1c(O)cccc1C2=C1CC2CCC(C1)N2Cc1ccoc1. The summed E-state index contributed by atoms with van der Waals surface area (Å²) in [5.41, 5.74) is 8.44. The summed E-state index contributed by atoms with van der Waals surface area (Å²) in [6.07, 6.45) is 7.96. The second-order valence-corrected chi connectivity index (χ2v) is 10.8. The van der Waals surface area contributed by atoms with E-state index in [9.17, 15) is 9.90 Å². The summed E-state index contributed by atoms with van der Waals surface area (Å²) in [7, 11) is 0. The Morgan fingerprint density at radius 1 is 0.974 bits per heavy atom. The number of phenols is 1. The Bertz CT molecular complexity index is 1590. The highest BCUT2D eigenvalue weighted by Gasteiger charge is 2.40. The molecule has 4 heterocycles. The number of piperidine rings is 1. The molecule has 7 rings (SSSR count). The first-order valence-corrected chi connectivity index (χ1v) is 13.6. The minimum atomic E-state index is -0.115. The van der Waals surface area contributed by atoms with Crippen molar-refractivity contribution in [2.45, 2.75) is 51.2 Å². The normalized spacial score (nSPS) is 19.8. The van der Waals surface area contributed by atoms with Crippen molar-refractivity contribution in [3.63, 3.8) is 0 Å². The van der Waals surface area contributed by atoms with Gasteiger partial charge >= 0.3 is 0 Å². The van der Waals surface area contributed by atoms with Gasteiger partial charge in [-0.15, -0.1) is 0 Å². The van der Waals surface area contributed by atoms with Crippen molar-refractivity contribution in [2.75, 3.05) is 5.32 Å². The number of hydrogen-bond acceptors (Lipinski definition) is 5. The zero-order valence-electron chi connectivity index (χ0n) is 21.8. The maximum Gasteiger partial charge on any atom is 0.221 e. The summed E-state index contributed by atoms with van der Waals surface area (Å²) in [5.74, 6) is 1.25. The van der Waals surface area contributed by atoms with Crippen LogP contribution in [0.5, 0.6) is 17.2 Å². The van der Waals surface area contributed by atoms with Crippen LogP contribution in [0.2, 0.25) is 0 Å². The minimum Gasteiger partial charge on any atom is -0.504 e. The van der Waals surface area contributed by atoms with Crippen molar-refractivity contribution >= 4 is 17.2 Å². The van der Waals surface area contributed by atoms with Crippen LogP contribution in [-0.2, 0) is 11.3 Å². The second-order valence-electron chi connectivity index (χ2n) is 10.8. The lowest BCUT2D eigenvalue weighted by atomic mass is 9.83. The molecule has 0 radical (unpaired) electrons. The lowest BCUT2D eigenvalue weighted by molar-refractivity contribution is -0.114. The van der Waals surface area contributed by atoms with Crippen LogP contribution in [0.15, 0.2) is 89.2 Å². The molecule has 3 aromatic carbocycles. The van der Waals surface area contributed by atoms with Gasteiger partial charge in [0.1, 0.15) is 5.75 Å². The number of aromatic hydroxyl groups is 1. The van der Waals surface area contributed by atoms with E-state index in [0.717, 1.165) is 53.1 Å². The van der Waals surface area contributed by atoms with Gasteiger partial charge in [0.2, 0.25) is 5.91 Å². The highest BCUT2D eigenvalue weighted by atomic mass is 16.5. The van der Waals surface area contributed by atoms with E-state index in [1.165, 1.54) is 36.5 Å². The zero-order chi connectivity index (χ0) is 26.5. The molecule has 2 unspecified atom stereocenters. The van der Waals surface area contributed by atoms with E-state index >= 15 is 0 Å². The van der Waals surface area contributed by atoms with Gasteiger partial charge in [-0.2, -0.15) is 0 Å². The largest absolute Gasteiger partial charge is 0.504 e. The highest BCUT2D eigenvalue weighted by Crippen LogP contribution is 2.52. The smallest absolute Gasteiger partial charge is 0.221 e. The van der Waals surface area contributed by atoms with Crippen LogP contribution >= 0.6 is 0 Å². The van der Waals surface area contributed by atoms with E-state index in [0.29, 0.717) is 17.8 Å². The molecule has 3 aliphatic rings. The molecule has 0 spiro atoms. The lowest BCUT2D eigenvalue weighted by Crippen LogP contribution is -2.40. The fourth-order valence-corrected chi connectivity index (χ4v) is 6.64. The number of carbonyl (C=O) groups is 1. The predicted octanol–water partition coefficient (Wildman–Crippen LogP) is 7.35. The standard InChI is InChI=1S/C33H30N2O4/c1-20(36)34-29-7-3-2-5-26(29)22-9-12-27-31(17-22)39-33-28(6-4-8-30(33)37)32(27)23-15-24-10-11-25(16-23)35(24)18-21-13-14-38-19-21/h2-9,12-14,17,19,24-25,37H,10-11,15-16,18H2,1H3,(H,34,36). The number of nitrogens with zero attached hydrogens (tertiary/aromatic N) is 1. The van der Waals surface area contributed by atoms with Gasteiger partial charge < -0.3 is 19.6 Å². The van der Waals surface area contributed by atoms with Crippen LogP contribution < -0.4 is 10.1 Å². The average Bonchev–Trinajstić information content (AvgIpc) is 3.52. The molecule has 0 aliphatic carbocycles. The molecule has 196 valence electrons. The number of nitrogens with one attached hydrogen (secondary N) is 1. The van der Waals surface area contributed by atoms with Crippen molar-refractivity contribution in [1.82, 2.24) is 4.90 Å². The van der Waals surface area contributed by atoms with Crippen molar-refractivity contribution in [3.05, 3.63) is 102 Å². The molecule has 2 saturated heterocycles. The van der Waals surface area contributed by atoms with Crippen molar-refractivity contribution in [2.24, 2.45) is 0 Å². The number of rotatable bonds is 4. The maximum absolute atomic E-state index is 11.8. The molecule has 6 heteroatoms. The van der Waals surface area contributed by atoms with Crippen LogP contribution in [0.4, 0.5) is 5.69 Å². The quantitative estimate of drug-likeness (QED) is 0.260. The van der Waals surface area contributed by atoms with Gasteiger partial charge in [-0.1, -0.05) is 42.0 Å². The summed E-state index contributed by atoms with van der Waals surface area (Å²) in [5, 5.41) is 13.8. The van der Waals surface area contributed by atoms with E-state index in [2.05, 4.69) is 34.5 Å². The van der Waals surface area contributed by atoms with E-state index in [4.69, 9.17) is 9.15 Å². The predicted molar refractivity (Wildman–Crippen MR) is 151 cm³/mol. The van der Waals surface area contributed by atoms with Gasteiger partial charge in [-0.25, -0.2) is 0 Å². The van der Waals surface area contributed by atoms with E-state index in [1.54, 1.807) is 12.3 Å². The molecular weight excluding hydrogens is 488 g/mol. The van der Waals surface area contributed by atoms with Crippen LogP contribution in [0.3, 0.4) is 0 Å². The third kappa shape index (κ3) is 4.21. The Labute approximate surface area is 227 Å².